The fourth-order valence-corrected chi connectivity index (χ4v) is 4.77. The van der Waals surface area contributed by atoms with Gasteiger partial charge in [-0.15, -0.1) is 21.5 Å². The van der Waals surface area contributed by atoms with Gasteiger partial charge in [-0.1, -0.05) is 47.2 Å². The van der Waals surface area contributed by atoms with E-state index in [1.165, 1.54) is 4.88 Å². The van der Waals surface area contributed by atoms with Gasteiger partial charge in [0.25, 0.3) is 0 Å². The molecule has 0 spiro atoms. The van der Waals surface area contributed by atoms with Crippen molar-refractivity contribution >= 4 is 39.4 Å². The second-order valence-electron chi connectivity index (χ2n) is 5.71. The fraction of sp³-hybridized carbons (Fsp3) is 0.294. The molecule has 3 aromatic rings. The number of anilines is 1. The van der Waals surface area contributed by atoms with Crippen molar-refractivity contribution in [3.8, 4) is 10.6 Å². The van der Waals surface area contributed by atoms with Gasteiger partial charge in [0.1, 0.15) is 0 Å². The van der Waals surface area contributed by atoms with Gasteiger partial charge < -0.3 is 4.90 Å². The molecule has 0 N–H and O–H groups in total. The van der Waals surface area contributed by atoms with Crippen LogP contribution in [-0.2, 0) is 6.54 Å². The molecule has 0 atom stereocenters. The molecule has 2 aromatic heterocycles. The molecule has 1 fully saturated rings. The second kappa shape index (κ2) is 7.19. The van der Waals surface area contributed by atoms with E-state index in [1.54, 1.807) is 11.3 Å². The molecule has 1 saturated heterocycles. The monoisotopic (exact) mass is 376 g/mol. The summed E-state index contributed by atoms with van der Waals surface area (Å²) in [6.45, 7) is 5.13. The first kappa shape index (κ1) is 16.0. The highest BCUT2D eigenvalue weighted by Crippen LogP contribution is 2.33. The van der Waals surface area contributed by atoms with Crippen LogP contribution in [0.2, 0.25) is 5.02 Å². The van der Waals surface area contributed by atoms with E-state index in [2.05, 4.69) is 37.5 Å². The summed E-state index contributed by atoms with van der Waals surface area (Å²) in [5.41, 5.74) is 0.958. The summed E-state index contributed by atoms with van der Waals surface area (Å²) in [6.07, 6.45) is 0. The molecule has 3 heterocycles. The molecule has 0 bridgehead atoms. The van der Waals surface area contributed by atoms with E-state index in [0.29, 0.717) is 0 Å². The van der Waals surface area contributed by atoms with E-state index in [4.69, 9.17) is 11.6 Å². The average molecular weight is 377 g/mol. The molecule has 4 nitrogen and oxygen atoms in total. The lowest BCUT2D eigenvalue weighted by molar-refractivity contribution is 0.252. The van der Waals surface area contributed by atoms with Gasteiger partial charge in [-0.3, -0.25) is 4.90 Å². The van der Waals surface area contributed by atoms with Gasteiger partial charge in [-0.2, -0.15) is 0 Å². The van der Waals surface area contributed by atoms with Crippen molar-refractivity contribution in [2.75, 3.05) is 31.1 Å². The smallest absolute Gasteiger partial charge is 0.208 e. The number of benzene rings is 1. The van der Waals surface area contributed by atoms with Crippen molar-refractivity contribution in [1.29, 1.82) is 0 Å². The molecule has 0 unspecified atom stereocenters. The van der Waals surface area contributed by atoms with Crippen molar-refractivity contribution in [2.45, 2.75) is 6.54 Å². The van der Waals surface area contributed by atoms with E-state index < -0.39 is 0 Å². The summed E-state index contributed by atoms with van der Waals surface area (Å²) < 4.78 is 0. The molecule has 0 saturated carbocycles. The van der Waals surface area contributed by atoms with Gasteiger partial charge in [0.2, 0.25) is 5.13 Å². The molecule has 0 radical (unpaired) electrons. The van der Waals surface area contributed by atoms with Gasteiger partial charge in [0, 0.05) is 43.2 Å². The summed E-state index contributed by atoms with van der Waals surface area (Å²) >= 11 is 9.70. The van der Waals surface area contributed by atoms with Crippen molar-refractivity contribution in [2.24, 2.45) is 0 Å². The molecular formula is C17H17ClN4S2. The van der Waals surface area contributed by atoms with Crippen LogP contribution in [0.3, 0.4) is 0 Å². The zero-order valence-corrected chi connectivity index (χ0v) is 15.4. The van der Waals surface area contributed by atoms with Crippen molar-refractivity contribution in [3.05, 3.63) is 51.7 Å². The number of piperazine rings is 1. The Kier molecular flexibility index (Phi) is 4.80. The minimum Gasteiger partial charge on any atom is -0.344 e. The molecule has 4 rings (SSSR count). The first-order chi connectivity index (χ1) is 11.8. The highest BCUT2D eigenvalue weighted by atomic mass is 35.5. The largest absolute Gasteiger partial charge is 0.344 e. The Labute approximate surface area is 154 Å². The number of aromatic nitrogens is 2. The standard InChI is InChI=1S/C17H17ClN4S2/c18-15-6-2-1-5-14(15)16-19-20-17(24-16)22-9-7-21(8-10-22)12-13-4-3-11-23-13/h1-6,11H,7-10,12H2. The normalized spacial score (nSPS) is 15.8. The van der Waals surface area contributed by atoms with Crippen LogP contribution in [0.4, 0.5) is 5.13 Å². The minimum absolute atomic E-state index is 0.723. The second-order valence-corrected chi connectivity index (χ2v) is 8.11. The maximum absolute atomic E-state index is 6.26. The number of hydrogen-bond acceptors (Lipinski definition) is 6. The van der Waals surface area contributed by atoms with Gasteiger partial charge in [-0.25, -0.2) is 0 Å². The third-order valence-electron chi connectivity index (χ3n) is 4.12. The van der Waals surface area contributed by atoms with Crippen LogP contribution in [0.5, 0.6) is 0 Å². The number of nitrogens with zero attached hydrogens (tertiary/aromatic N) is 4. The Morgan fingerprint density at radius 2 is 1.83 bits per heavy atom. The van der Waals surface area contributed by atoms with E-state index in [0.717, 1.165) is 53.4 Å². The molecule has 1 aliphatic rings. The maximum Gasteiger partial charge on any atom is 0.208 e. The average Bonchev–Trinajstić information content (AvgIpc) is 3.28. The van der Waals surface area contributed by atoms with E-state index in [9.17, 15) is 0 Å². The molecule has 0 amide bonds. The van der Waals surface area contributed by atoms with E-state index in [-0.39, 0.29) is 0 Å². The van der Waals surface area contributed by atoms with Crippen LogP contribution in [0.15, 0.2) is 41.8 Å². The third kappa shape index (κ3) is 3.47. The number of halogens is 1. The van der Waals surface area contributed by atoms with Crippen molar-refractivity contribution in [1.82, 2.24) is 15.1 Å². The number of hydrogen-bond donors (Lipinski definition) is 0. The lowest BCUT2D eigenvalue weighted by Gasteiger charge is -2.33. The molecule has 0 aliphatic carbocycles. The van der Waals surface area contributed by atoms with Gasteiger partial charge in [0.15, 0.2) is 5.01 Å². The van der Waals surface area contributed by atoms with E-state index in [1.807, 2.05) is 35.6 Å². The summed E-state index contributed by atoms with van der Waals surface area (Å²) in [4.78, 5) is 6.25. The minimum atomic E-state index is 0.723. The Hall–Kier alpha value is -1.47. The lowest BCUT2D eigenvalue weighted by Crippen LogP contribution is -2.45. The molecular weight excluding hydrogens is 360 g/mol. The zero-order valence-electron chi connectivity index (χ0n) is 13.1. The number of thiophene rings is 1. The van der Waals surface area contributed by atoms with Crippen LogP contribution >= 0.6 is 34.3 Å². The summed E-state index contributed by atoms with van der Waals surface area (Å²) in [5.74, 6) is 0. The Morgan fingerprint density at radius 3 is 2.58 bits per heavy atom. The van der Waals surface area contributed by atoms with Crippen LogP contribution in [0.25, 0.3) is 10.6 Å². The van der Waals surface area contributed by atoms with Gasteiger partial charge in [-0.05, 0) is 17.5 Å². The highest BCUT2D eigenvalue weighted by Gasteiger charge is 2.21. The van der Waals surface area contributed by atoms with Crippen molar-refractivity contribution in [3.63, 3.8) is 0 Å². The summed E-state index contributed by atoms with van der Waals surface area (Å²) in [7, 11) is 0. The molecule has 24 heavy (non-hydrogen) atoms. The van der Waals surface area contributed by atoms with Crippen molar-refractivity contribution < 1.29 is 0 Å². The van der Waals surface area contributed by atoms with Crippen LogP contribution in [0.1, 0.15) is 4.88 Å². The van der Waals surface area contributed by atoms with Crippen LogP contribution in [0, 0.1) is 0 Å². The zero-order chi connectivity index (χ0) is 16.4. The quantitative estimate of drug-likeness (QED) is 0.681. The highest BCUT2D eigenvalue weighted by molar-refractivity contribution is 7.18. The Balaban J connectivity index is 1.40. The first-order valence-electron chi connectivity index (χ1n) is 7.88. The maximum atomic E-state index is 6.26. The lowest BCUT2D eigenvalue weighted by atomic mass is 10.2. The third-order valence-corrected chi connectivity index (χ3v) is 6.33. The summed E-state index contributed by atoms with van der Waals surface area (Å²) in [6, 6.07) is 12.1. The van der Waals surface area contributed by atoms with E-state index >= 15 is 0 Å². The molecule has 1 aromatic carbocycles. The first-order valence-corrected chi connectivity index (χ1v) is 9.95. The SMILES string of the molecule is Clc1ccccc1-c1nnc(N2CCN(Cc3cccs3)CC2)s1. The molecule has 7 heteroatoms. The van der Waals surface area contributed by atoms with Crippen LogP contribution in [-0.4, -0.2) is 41.3 Å². The van der Waals surface area contributed by atoms with Crippen LogP contribution < -0.4 is 4.90 Å². The molecule has 124 valence electrons. The topological polar surface area (TPSA) is 32.3 Å². The fourth-order valence-electron chi connectivity index (χ4n) is 2.81. The molecule has 1 aliphatic heterocycles. The summed E-state index contributed by atoms with van der Waals surface area (Å²) in [5, 5.41) is 13.4. The Morgan fingerprint density at radius 1 is 1.00 bits per heavy atom. The van der Waals surface area contributed by atoms with Gasteiger partial charge in [0.05, 0.1) is 5.02 Å². The predicted molar refractivity (Wildman–Crippen MR) is 102 cm³/mol. The van der Waals surface area contributed by atoms with Gasteiger partial charge >= 0.3 is 0 Å². The number of rotatable bonds is 4. The predicted octanol–water partition coefficient (Wildman–Crippen LogP) is 4.24. The Bertz CT molecular complexity index is 795.